The van der Waals surface area contributed by atoms with Gasteiger partial charge in [0.15, 0.2) is 23.6 Å². The van der Waals surface area contributed by atoms with Gasteiger partial charge in [0.1, 0.15) is 4.90 Å². The predicted octanol–water partition coefficient (Wildman–Crippen LogP) is 4.60. The van der Waals surface area contributed by atoms with Crippen LogP contribution in [0.1, 0.15) is 29.7 Å². The Kier molecular flexibility index (Phi) is 8.91. The van der Waals surface area contributed by atoms with Crippen molar-refractivity contribution in [2.75, 3.05) is 10.7 Å². The van der Waals surface area contributed by atoms with Crippen LogP contribution in [-0.4, -0.2) is 52.8 Å². The van der Waals surface area contributed by atoms with Crippen molar-refractivity contribution in [2.24, 2.45) is 0 Å². The maximum Gasteiger partial charge on any atom is 0.359 e. The second-order valence-corrected chi connectivity index (χ2v) is 14.1. The number of ether oxygens (including phenoxy) is 1. The lowest BCUT2D eigenvalue weighted by Crippen LogP contribution is -2.75. The van der Waals surface area contributed by atoms with Gasteiger partial charge in [-0.05, 0) is 53.5 Å². The summed E-state index contributed by atoms with van der Waals surface area (Å²) in [6, 6.07) is 30.9. The zero-order chi connectivity index (χ0) is 33.3. The number of fused-ring (bicyclic) bond motifs is 1. The van der Waals surface area contributed by atoms with Crippen molar-refractivity contribution in [1.82, 2.24) is 4.90 Å². The molecule has 2 heterocycles. The van der Waals surface area contributed by atoms with E-state index in [2.05, 4.69) is 0 Å². The third-order valence-electron chi connectivity index (χ3n) is 7.86. The number of nitrogens with zero attached hydrogens (tertiary/aromatic N) is 2. The lowest BCUT2D eigenvalue weighted by Gasteiger charge is -2.51. The number of benzene rings is 4. The summed E-state index contributed by atoms with van der Waals surface area (Å²) in [5.41, 5.74) is 1.98. The van der Waals surface area contributed by atoms with Crippen molar-refractivity contribution in [1.29, 1.82) is 0 Å². The first kappa shape index (κ1) is 32.0. The Hall–Kier alpha value is -4.91. The third kappa shape index (κ3) is 6.27. The first-order valence-corrected chi connectivity index (χ1v) is 17.5. The molecule has 10 nitrogen and oxygen atoms in total. The van der Waals surface area contributed by atoms with Crippen LogP contribution in [0.2, 0.25) is 0 Å². The zero-order valence-electron chi connectivity index (χ0n) is 25.4. The Morgan fingerprint density at radius 3 is 1.94 bits per heavy atom. The SMILES string of the molecule is CC(=O)N(c1ccccc1)C1C(=O)N2C(C(=O)OC(c3ccccc3)c3ccccc3)=C(OS(=O)(=O)c3ccc(C)cc3)C[S+]([O-])[C@@H]12. The summed E-state index contributed by atoms with van der Waals surface area (Å²) in [5.74, 6) is -3.29. The number of carbonyl (C=O) groups excluding carboxylic acids is 3. The van der Waals surface area contributed by atoms with Gasteiger partial charge >= 0.3 is 16.1 Å². The monoisotopic (exact) mass is 670 g/mol. The molecule has 0 spiro atoms. The molecular weight excluding hydrogens is 641 g/mol. The fourth-order valence-corrected chi connectivity index (χ4v) is 8.28. The second kappa shape index (κ2) is 13.1. The molecule has 4 aromatic rings. The topological polar surface area (TPSA) is 133 Å². The van der Waals surface area contributed by atoms with Crippen LogP contribution in [0.25, 0.3) is 0 Å². The van der Waals surface area contributed by atoms with Crippen LogP contribution >= 0.6 is 0 Å². The molecular formula is C35H30N2O8S2. The number of β-lactam (4-membered cyclic amide) rings is 1. The maximum absolute atomic E-state index is 14.2. The number of aryl methyl sites for hydroxylation is 1. The molecule has 0 N–H and O–H groups in total. The van der Waals surface area contributed by atoms with Crippen LogP contribution in [-0.2, 0) is 44.6 Å². The average Bonchev–Trinajstić information content (AvgIpc) is 3.07. The molecule has 2 aliphatic heterocycles. The minimum Gasteiger partial charge on any atom is -0.614 e. The highest BCUT2D eigenvalue weighted by atomic mass is 32.2. The minimum atomic E-state index is -4.52. The Morgan fingerprint density at radius 2 is 1.40 bits per heavy atom. The van der Waals surface area contributed by atoms with E-state index in [4.69, 9.17) is 8.92 Å². The van der Waals surface area contributed by atoms with Crippen LogP contribution in [0.15, 0.2) is 132 Å². The van der Waals surface area contributed by atoms with Gasteiger partial charge in [-0.25, -0.2) is 4.79 Å². The van der Waals surface area contributed by atoms with E-state index >= 15 is 0 Å². The molecule has 1 fully saturated rings. The Balaban J connectivity index is 1.43. The molecule has 0 bridgehead atoms. The van der Waals surface area contributed by atoms with E-state index in [0.717, 1.165) is 10.5 Å². The number of carbonyl (C=O) groups is 3. The molecule has 0 aromatic heterocycles. The van der Waals surface area contributed by atoms with Gasteiger partial charge in [-0.2, -0.15) is 8.42 Å². The smallest absolute Gasteiger partial charge is 0.359 e. The zero-order valence-corrected chi connectivity index (χ0v) is 27.0. The molecule has 2 unspecified atom stereocenters. The summed E-state index contributed by atoms with van der Waals surface area (Å²) in [6.45, 7) is 3.08. The summed E-state index contributed by atoms with van der Waals surface area (Å²) in [5, 5.41) is -1.17. The molecule has 47 heavy (non-hydrogen) atoms. The molecule has 0 aliphatic carbocycles. The molecule has 240 valence electrons. The van der Waals surface area contributed by atoms with Crippen LogP contribution in [0.4, 0.5) is 5.69 Å². The van der Waals surface area contributed by atoms with E-state index in [1.165, 1.54) is 24.0 Å². The Morgan fingerprint density at radius 1 is 0.872 bits per heavy atom. The predicted molar refractivity (Wildman–Crippen MR) is 174 cm³/mol. The Bertz CT molecular complexity index is 1900. The van der Waals surface area contributed by atoms with Crippen molar-refractivity contribution in [3.05, 3.63) is 143 Å². The largest absolute Gasteiger partial charge is 0.614 e. The lowest BCUT2D eigenvalue weighted by atomic mass is 10.0. The molecule has 6 rings (SSSR count). The fraction of sp³-hybridized carbons (Fsp3) is 0.171. The van der Waals surface area contributed by atoms with Crippen molar-refractivity contribution in [3.8, 4) is 0 Å². The van der Waals surface area contributed by atoms with Gasteiger partial charge in [0, 0.05) is 12.6 Å². The fourth-order valence-electron chi connectivity index (χ4n) is 5.64. The second-order valence-electron chi connectivity index (χ2n) is 11.0. The molecule has 2 amide bonds. The highest BCUT2D eigenvalue weighted by Gasteiger charge is 2.64. The first-order valence-electron chi connectivity index (χ1n) is 14.7. The van der Waals surface area contributed by atoms with E-state index in [-0.39, 0.29) is 4.90 Å². The molecule has 4 aromatic carbocycles. The maximum atomic E-state index is 14.2. The summed E-state index contributed by atoms with van der Waals surface area (Å²) in [6.07, 6.45) is -0.941. The minimum absolute atomic E-state index is 0.192. The van der Waals surface area contributed by atoms with Gasteiger partial charge in [-0.1, -0.05) is 96.6 Å². The highest BCUT2D eigenvalue weighted by Crippen LogP contribution is 2.42. The number of hydrogen-bond acceptors (Lipinski definition) is 8. The summed E-state index contributed by atoms with van der Waals surface area (Å²) >= 11 is -1.98. The van der Waals surface area contributed by atoms with E-state index in [9.17, 15) is 27.4 Å². The highest BCUT2D eigenvalue weighted by molar-refractivity contribution is 7.92. The van der Waals surface area contributed by atoms with Crippen LogP contribution in [0.3, 0.4) is 0 Å². The quantitative estimate of drug-likeness (QED) is 0.109. The Labute approximate surface area is 275 Å². The number of para-hydroxylation sites is 1. The normalized spacial score (nSPS) is 19.1. The summed E-state index contributed by atoms with van der Waals surface area (Å²) < 4.78 is 52.2. The standard InChI is InChI=1S/C35H30N2O8S2/c1-23-18-20-28(21-19-23)47(42,43)45-29-22-46(41)34-31(36(24(2)38)27-16-10-5-11-17-27)33(39)37(34)30(29)35(40)44-32(25-12-6-3-7-13-25)26-14-8-4-9-15-26/h3-21,31-32,34H,22H2,1-2H3/t31?,34-,46?/m0/s1. The molecule has 0 radical (unpaired) electrons. The molecule has 0 saturated carbocycles. The number of hydrogen-bond donors (Lipinski definition) is 0. The van der Waals surface area contributed by atoms with Gasteiger partial charge in [0.2, 0.25) is 17.0 Å². The average molecular weight is 671 g/mol. The number of amides is 2. The van der Waals surface area contributed by atoms with E-state index in [1.54, 1.807) is 97.9 Å². The van der Waals surface area contributed by atoms with Gasteiger partial charge in [-0.15, -0.1) is 0 Å². The first-order chi connectivity index (χ1) is 22.6. The van der Waals surface area contributed by atoms with Crippen molar-refractivity contribution < 1.29 is 36.3 Å². The summed E-state index contributed by atoms with van der Waals surface area (Å²) in [4.78, 5) is 43.0. The van der Waals surface area contributed by atoms with Gasteiger partial charge in [-0.3, -0.25) is 19.4 Å². The van der Waals surface area contributed by atoms with E-state index in [1.807, 2.05) is 12.1 Å². The van der Waals surface area contributed by atoms with Gasteiger partial charge in [0.05, 0.1) is 0 Å². The van der Waals surface area contributed by atoms with E-state index < -0.39 is 73.8 Å². The van der Waals surface area contributed by atoms with Crippen molar-refractivity contribution >= 4 is 44.8 Å². The third-order valence-corrected chi connectivity index (χ3v) is 10.7. The van der Waals surface area contributed by atoms with Crippen LogP contribution in [0, 0.1) is 6.92 Å². The van der Waals surface area contributed by atoms with Gasteiger partial charge in [0.25, 0.3) is 5.91 Å². The molecule has 12 heteroatoms. The summed E-state index contributed by atoms with van der Waals surface area (Å²) in [7, 11) is -4.52. The molecule has 3 atom stereocenters. The van der Waals surface area contributed by atoms with Crippen molar-refractivity contribution in [3.63, 3.8) is 0 Å². The van der Waals surface area contributed by atoms with E-state index in [0.29, 0.717) is 16.8 Å². The van der Waals surface area contributed by atoms with Crippen LogP contribution < -0.4 is 4.90 Å². The number of esters is 1. The number of anilines is 1. The number of rotatable bonds is 9. The molecule has 1 saturated heterocycles. The van der Waals surface area contributed by atoms with Crippen molar-refractivity contribution in [2.45, 2.75) is 36.3 Å². The lowest BCUT2D eigenvalue weighted by molar-refractivity contribution is -0.154. The molecule has 2 aliphatic rings. The van der Waals surface area contributed by atoms with Gasteiger partial charge < -0.3 is 13.5 Å². The van der Waals surface area contributed by atoms with Crippen LogP contribution in [0.5, 0.6) is 0 Å².